The van der Waals surface area contributed by atoms with Crippen molar-refractivity contribution in [2.24, 2.45) is 16.3 Å². The van der Waals surface area contributed by atoms with Gasteiger partial charge in [0.1, 0.15) is 0 Å². The first kappa shape index (κ1) is 8.66. The van der Waals surface area contributed by atoms with Gasteiger partial charge in [0.2, 0.25) is 0 Å². The van der Waals surface area contributed by atoms with Crippen LogP contribution in [0.1, 0.15) is 25.7 Å². The highest BCUT2D eigenvalue weighted by atomic mass is 15.0. The van der Waals surface area contributed by atoms with E-state index >= 15 is 0 Å². The molecule has 1 aliphatic carbocycles. The van der Waals surface area contributed by atoms with Gasteiger partial charge in [0.25, 0.3) is 0 Å². The fourth-order valence-electron chi connectivity index (χ4n) is 3.09. The lowest BCUT2D eigenvalue weighted by Crippen LogP contribution is -2.51. The van der Waals surface area contributed by atoms with E-state index in [0.717, 1.165) is 18.9 Å². The summed E-state index contributed by atoms with van der Waals surface area (Å²) in [5, 5.41) is 3.41. The van der Waals surface area contributed by atoms with Crippen molar-refractivity contribution in [3.05, 3.63) is 11.6 Å². The lowest BCUT2D eigenvalue weighted by molar-refractivity contribution is 0.173. The molecular weight excluding hydrogens is 172 g/mol. The SMILES string of the molecule is C1=NCCC=C1C1CCC2(CNC2)C1. The zero-order valence-corrected chi connectivity index (χ0v) is 8.63. The zero-order chi connectivity index (χ0) is 9.43. The van der Waals surface area contributed by atoms with Crippen LogP contribution in [-0.4, -0.2) is 25.8 Å². The molecule has 1 spiro atoms. The zero-order valence-electron chi connectivity index (χ0n) is 8.63. The van der Waals surface area contributed by atoms with Crippen molar-refractivity contribution >= 4 is 6.21 Å². The van der Waals surface area contributed by atoms with Gasteiger partial charge in [-0.25, -0.2) is 0 Å². The molecule has 76 valence electrons. The molecule has 2 heterocycles. The van der Waals surface area contributed by atoms with Crippen molar-refractivity contribution in [2.75, 3.05) is 19.6 Å². The molecule has 1 saturated carbocycles. The number of nitrogens with one attached hydrogen (secondary N) is 1. The first-order chi connectivity index (χ1) is 6.88. The van der Waals surface area contributed by atoms with E-state index in [1.54, 1.807) is 0 Å². The van der Waals surface area contributed by atoms with Gasteiger partial charge in [-0.2, -0.15) is 0 Å². The lowest BCUT2D eigenvalue weighted by Gasteiger charge is -2.39. The largest absolute Gasteiger partial charge is 0.316 e. The Hall–Kier alpha value is -0.630. The predicted molar refractivity (Wildman–Crippen MR) is 58.7 cm³/mol. The number of rotatable bonds is 1. The van der Waals surface area contributed by atoms with Crippen molar-refractivity contribution in [1.82, 2.24) is 5.32 Å². The van der Waals surface area contributed by atoms with Gasteiger partial charge in [-0.15, -0.1) is 0 Å². The topological polar surface area (TPSA) is 24.4 Å². The average molecular weight is 190 g/mol. The Labute approximate surface area is 85.5 Å². The van der Waals surface area contributed by atoms with Gasteiger partial charge in [0, 0.05) is 25.8 Å². The highest BCUT2D eigenvalue weighted by Gasteiger charge is 2.44. The van der Waals surface area contributed by atoms with Crippen LogP contribution in [-0.2, 0) is 0 Å². The first-order valence-corrected chi connectivity index (χ1v) is 5.79. The number of hydrogen-bond donors (Lipinski definition) is 1. The molecule has 1 N–H and O–H groups in total. The Kier molecular flexibility index (Phi) is 1.98. The molecular formula is C12H18N2. The molecule has 1 saturated heterocycles. The van der Waals surface area contributed by atoms with E-state index in [2.05, 4.69) is 22.6 Å². The van der Waals surface area contributed by atoms with Crippen LogP contribution in [0.15, 0.2) is 16.6 Å². The van der Waals surface area contributed by atoms with Gasteiger partial charge in [0.15, 0.2) is 0 Å². The summed E-state index contributed by atoms with van der Waals surface area (Å²) in [6.45, 7) is 3.52. The molecule has 2 nitrogen and oxygen atoms in total. The molecule has 0 aromatic heterocycles. The number of aliphatic imine (C=N–C) groups is 1. The van der Waals surface area contributed by atoms with Crippen molar-refractivity contribution in [3.8, 4) is 0 Å². The van der Waals surface area contributed by atoms with Gasteiger partial charge in [-0.05, 0) is 42.6 Å². The third-order valence-electron chi connectivity index (χ3n) is 4.05. The van der Waals surface area contributed by atoms with Crippen molar-refractivity contribution < 1.29 is 0 Å². The maximum Gasteiger partial charge on any atom is 0.0424 e. The van der Waals surface area contributed by atoms with E-state index in [1.165, 1.54) is 37.9 Å². The predicted octanol–water partition coefficient (Wildman–Crippen LogP) is 1.78. The summed E-state index contributed by atoms with van der Waals surface area (Å²) in [7, 11) is 0. The first-order valence-electron chi connectivity index (χ1n) is 5.79. The fraction of sp³-hybridized carbons (Fsp3) is 0.750. The molecule has 0 bridgehead atoms. The summed E-state index contributed by atoms with van der Waals surface area (Å²) in [4.78, 5) is 4.39. The Morgan fingerprint density at radius 2 is 2.36 bits per heavy atom. The highest BCUT2D eigenvalue weighted by molar-refractivity contribution is 5.80. The maximum absolute atomic E-state index is 4.39. The summed E-state index contributed by atoms with van der Waals surface area (Å²) in [5.74, 6) is 0.821. The Morgan fingerprint density at radius 3 is 2.93 bits per heavy atom. The highest BCUT2D eigenvalue weighted by Crippen LogP contribution is 2.46. The smallest absolute Gasteiger partial charge is 0.0424 e. The van der Waals surface area contributed by atoms with Crippen LogP contribution in [0.3, 0.4) is 0 Å². The van der Waals surface area contributed by atoms with Gasteiger partial charge in [-0.1, -0.05) is 6.08 Å². The monoisotopic (exact) mass is 190 g/mol. The van der Waals surface area contributed by atoms with E-state index in [1.807, 2.05) is 0 Å². The molecule has 1 atom stereocenters. The van der Waals surface area contributed by atoms with Crippen molar-refractivity contribution in [3.63, 3.8) is 0 Å². The normalized spacial score (nSPS) is 34.3. The molecule has 2 fully saturated rings. The second kappa shape index (κ2) is 3.20. The Bertz CT molecular complexity index is 287. The molecule has 0 radical (unpaired) electrons. The molecule has 14 heavy (non-hydrogen) atoms. The van der Waals surface area contributed by atoms with E-state index in [-0.39, 0.29) is 0 Å². The molecule has 0 aromatic rings. The summed E-state index contributed by atoms with van der Waals surface area (Å²) in [6.07, 6.45) is 9.91. The minimum Gasteiger partial charge on any atom is -0.316 e. The van der Waals surface area contributed by atoms with Crippen LogP contribution < -0.4 is 5.32 Å². The molecule has 3 aliphatic rings. The van der Waals surface area contributed by atoms with E-state index in [0.29, 0.717) is 5.41 Å². The summed E-state index contributed by atoms with van der Waals surface area (Å²) in [5.41, 5.74) is 2.21. The number of dihydropyridines is 1. The van der Waals surface area contributed by atoms with Gasteiger partial charge >= 0.3 is 0 Å². The van der Waals surface area contributed by atoms with Crippen LogP contribution in [0.5, 0.6) is 0 Å². The maximum atomic E-state index is 4.39. The molecule has 0 amide bonds. The molecule has 1 unspecified atom stereocenters. The number of hydrogen-bond acceptors (Lipinski definition) is 2. The Morgan fingerprint density at radius 1 is 1.43 bits per heavy atom. The van der Waals surface area contributed by atoms with Crippen LogP contribution in [0.2, 0.25) is 0 Å². The van der Waals surface area contributed by atoms with E-state index < -0.39 is 0 Å². The average Bonchev–Trinajstić information content (AvgIpc) is 2.63. The quantitative estimate of drug-likeness (QED) is 0.669. The third kappa shape index (κ3) is 1.33. The summed E-state index contributed by atoms with van der Waals surface area (Å²) < 4.78 is 0. The van der Waals surface area contributed by atoms with E-state index in [9.17, 15) is 0 Å². The minimum absolute atomic E-state index is 0.677. The van der Waals surface area contributed by atoms with E-state index in [4.69, 9.17) is 0 Å². The molecule has 3 rings (SSSR count). The number of nitrogens with zero attached hydrogens (tertiary/aromatic N) is 1. The second-order valence-electron chi connectivity index (χ2n) is 5.07. The van der Waals surface area contributed by atoms with Gasteiger partial charge < -0.3 is 5.32 Å². The standard InChI is InChI=1S/C12H18N2/c1-2-11(7-13-5-1)10-3-4-12(6-10)8-14-9-12/h2,7,10,14H,1,3-6,8-9H2. The summed E-state index contributed by atoms with van der Waals surface area (Å²) >= 11 is 0. The third-order valence-corrected chi connectivity index (χ3v) is 4.05. The van der Waals surface area contributed by atoms with Crippen LogP contribution in [0, 0.1) is 11.3 Å². The van der Waals surface area contributed by atoms with Crippen LogP contribution in [0.25, 0.3) is 0 Å². The fourth-order valence-corrected chi connectivity index (χ4v) is 3.09. The van der Waals surface area contributed by atoms with Crippen molar-refractivity contribution in [2.45, 2.75) is 25.7 Å². The minimum atomic E-state index is 0.677. The second-order valence-corrected chi connectivity index (χ2v) is 5.07. The lowest BCUT2D eigenvalue weighted by atomic mass is 9.79. The van der Waals surface area contributed by atoms with Gasteiger partial charge in [-0.3, -0.25) is 4.99 Å². The summed E-state index contributed by atoms with van der Waals surface area (Å²) in [6, 6.07) is 0. The molecule has 0 aromatic carbocycles. The van der Waals surface area contributed by atoms with Crippen LogP contribution in [0.4, 0.5) is 0 Å². The Balaban J connectivity index is 1.70. The number of allylic oxidation sites excluding steroid dienone is 1. The van der Waals surface area contributed by atoms with Crippen molar-refractivity contribution in [1.29, 1.82) is 0 Å². The van der Waals surface area contributed by atoms with Crippen LogP contribution >= 0.6 is 0 Å². The van der Waals surface area contributed by atoms with Gasteiger partial charge in [0.05, 0.1) is 0 Å². The molecule has 2 heteroatoms. The molecule has 2 aliphatic heterocycles.